The van der Waals surface area contributed by atoms with Crippen molar-refractivity contribution in [3.63, 3.8) is 0 Å². The molecule has 0 aliphatic carbocycles. The Labute approximate surface area is 154 Å². The van der Waals surface area contributed by atoms with E-state index in [0.29, 0.717) is 11.3 Å². The highest BCUT2D eigenvalue weighted by Crippen LogP contribution is 2.25. The van der Waals surface area contributed by atoms with Crippen molar-refractivity contribution in [3.8, 4) is 5.75 Å². The predicted molar refractivity (Wildman–Crippen MR) is 101 cm³/mol. The highest BCUT2D eigenvalue weighted by Gasteiger charge is 2.14. The van der Waals surface area contributed by atoms with E-state index in [1.54, 1.807) is 6.07 Å². The predicted octanol–water partition coefficient (Wildman–Crippen LogP) is 2.36. The van der Waals surface area contributed by atoms with Gasteiger partial charge in [0.05, 0.1) is 6.21 Å². The smallest absolute Gasteiger partial charge is 0.311 e. The molecular formula is C19H16N6O2. The lowest BCUT2D eigenvalue weighted by Crippen LogP contribution is -2.19. The number of phenolic OH excluding ortho intramolecular Hbond substituents is 1. The number of aromatic hydroxyl groups is 1. The molecule has 0 spiro atoms. The first-order valence-corrected chi connectivity index (χ1v) is 8.28. The van der Waals surface area contributed by atoms with Crippen LogP contribution in [-0.2, 0) is 0 Å². The molecule has 0 bridgehead atoms. The van der Waals surface area contributed by atoms with E-state index >= 15 is 0 Å². The Kier molecular flexibility index (Phi) is 4.00. The number of rotatable bonds is 3. The molecule has 0 saturated carbocycles. The van der Waals surface area contributed by atoms with Crippen molar-refractivity contribution in [1.82, 2.24) is 25.0 Å². The quantitative estimate of drug-likeness (QED) is 0.431. The number of phenols is 1. The third kappa shape index (κ3) is 3.08. The Morgan fingerprint density at radius 1 is 1.19 bits per heavy atom. The van der Waals surface area contributed by atoms with Crippen molar-refractivity contribution >= 4 is 28.7 Å². The van der Waals surface area contributed by atoms with E-state index in [0.717, 1.165) is 22.2 Å². The van der Waals surface area contributed by atoms with Crippen LogP contribution >= 0.6 is 0 Å². The van der Waals surface area contributed by atoms with Gasteiger partial charge >= 0.3 is 5.91 Å². The van der Waals surface area contributed by atoms with Crippen LogP contribution in [0.25, 0.3) is 16.6 Å². The van der Waals surface area contributed by atoms with E-state index in [1.807, 2.05) is 50.2 Å². The van der Waals surface area contributed by atoms with Crippen molar-refractivity contribution in [2.45, 2.75) is 13.8 Å². The summed E-state index contributed by atoms with van der Waals surface area (Å²) in [6.07, 6.45) is 1.40. The molecule has 0 radical (unpaired) electrons. The summed E-state index contributed by atoms with van der Waals surface area (Å²) in [7, 11) is 0. The molecule has 0 unspecified atom stereocenters. The van der Waals surface area contributed by atoms with Gasteiger partial charge in [-0.2, -0.15) is 10.1 Å². The molecule has 2 heterocycles. The Morgan fingerprint density at radius 2 is 2.00 bits per heavy atom. The molecule has 2 aromatic heterocycles. The minimum absolute atomic E-state index is 0.0320. The lowest BCUT2D eigenvalue weighted by atomic mass is 10.0. The second-order valence-corrected chi connectivity index (χ2v) is 6.10. The molecule has 0 aliphatic rings. The van der Waals surface area contributed by atoms with Gasteiger partial charge in [-0.05, 0) is 36.8 Å². The first-order chi connectivity index (χ1) is 13.0. The number of fused-ring (bicyclic) bond motifs is 2. The standard InChI is InChI=1S/C19H16N6O2/c1-11-9-12(2)25-19(21-11)22-17(24-25)18(27)23-20-10-15-14-6-4-3-5-13(14)7-8-16(15)26/h3-10,26H,1-2H3,(H,23,27)/b20-10-. The second-order valence-electron chi connectivity index (χ2n) is 6.10. The number of aryl methyl sites for hydroxylation is 2. The third-order valence-electron chi connectivity index (χ3n) is 4.13. The largest absolute Gasteiger partial charge is 0.507 e. The van der Waals surface area contributed by atoms with Crippen LogP contribution in [0.15, 0.2) is 47.6 Å². The van der Waals surface area contributed by atoms with Crippen LogP contribution in [-0.4, -0.2) is 36.8 Å². The fraction of sp³-hybridized carbons (Fsp3) is 0.105. The molecule has 2 N–H and O–H groups in total. The average molecular weight is 360 g/mol. The van der Waals surface area contributed by atoms with Crippen LogP contribution in [0, 0.1) is 13.8 Å². The Morgan fingerprint density at radius 3 is 2.85 bits per heavy atom. The average Bonchev–Trinajstić information content (AvgIpc) is 3.08. The van der Waals surface area contributed by atoms with Crippen LogP contribution in [0.5, 0.6) is 5.75 Å². The third-order valence-corrected chi connectivity index (χ3v) is 4.13. The van der Waals surface area contributed by atoms with E-state index in [4.69, 9.17) is 0 Å². The Hall–Kier alpha value is -3.81. The van der Waals surface area contributed by atoms with Crippen molar-refractivity contribution < 1.29 is 9.90 Å². The summed E-state index contributed by atoms with van der Waals surface area (Å²) in [4.78, 5) is 20.7. The number of hydrazone groups is 1. The van der Waals surface area contributed by atoms with Gasteiger partial charge in [0.25, 0.3) is 5.78 Å². The molecule has 8 heteroatoms. The fourth-order valence-corrected chi connectivity index (χ4v) is 2.89. The molecule has 0 atom stereocenters. The van der Waals surface area contributed by atoms with Crippen molar-refractivity contribution in [2.75, 3.05) is 0 Å². The lowest BCUT2D eigenvalue weighted by molar-refractivity contribution is 0.0945. The summed E-state index contributed by atoms with van der Waals surface area (Å²) < 4.78 is 1.50. The normalized spacial score (nSPS) is 11.5. The maximum atomic E-state index is 12.3. The van der Waals surface area contributed by atoms with E-state index in [1.165, 1.54) is 10.7 Å². The number of benzene rings is 2. The molecule has 4 rings (SSSR count). The van der Waals surface area contributed by atoms with Crippen molar-refractivity contribution in [1.29, 1.82) is 0 Å². The minimum atomic E-state index is -0.562. The Balaban J connectivity index is 1.60. The number of nitrogens with zero attached hydrogens (tertiary/aromatic N) is 5. The molecule has 134 valence electrons. The summed E-state index contributed by atoms with van der Waals surface area (Å²) in [6.45, 7) is 3.71. The van der Waals surface area contributed by atoms with Crippen molar-refractivity contribution in [2.24, 2.45) is 5.10 Å². The molecule has 27 heavy (non-hydrogen) atoms. The number of nitrogens with one attached hydrogen (secondary N) is 1. The zero-order valence-electron chi connectivity index (χ0n) is 14.7. The highest BCUT2D eigenvalue weighted by molar-refractivity contribution is 6.02. The molecule has 2 aromatic carbocycles. The number of hydrogen-bond acceptors (Lipinski definition) is 6. The maximum Gasteiger partial charge on any atom is 0.311 e. The van der Waals surface area contributed by atoms with E-state index in [9.17, 15) is 9.90 Å². The van der Waals surface area contributed by atoms with Gasteiger partial charge in [-0.15, -0.1) is 5.10 Å². The molecule has 0 fully saturated rings. The molecule has 4 aromatic rings. The van der Waals surface area contributed by atoms with Crippen molar-refractivity contribution in [3.05, 3.63) is 65.2 Å². The summed E-state index contributed by atoms with van der Waals surface area (Å²) in [5.41, 5.74) is 4.53. The Bertz CT molecular complexity index is 1210. The number of aromatic nitrogens is 4. The van der Waals surface area contributed by atoms with Crippen LogP contribution < -0.4 is 5.43 Å². The topological polar surface area (TPSA) is 105 Å². The van der Waals surface area contributed by atoms with Gasteiger partial charge in [0.15, 0.2) is 0 Å². The first kappa shape index (κ1) is 16.6. The number of carbonyl (C=O) groups excluding carboxylic acids is 1. The zero-order valence-corrected chi connectivity index (χ0v) is 14.7. The summed E-state index contributed by atoms with van der Waals surface area (Å²) in [6, 6.07) is 12.8. The van der Waals surface area contributed by atoms with Crippen LogP contribution in [0.4, 0.5) is 0 Å². The van der Waals surface area contributed by atoms with Gasteiger partial charge in [-0.3, -0.25) is 4.79 Å². The lowest BCUT2D eigenvalue weighted by Gasteiger charge is -2.04. The summed E-state index contributed by atoms with van der Waals surface area (Å²) in [5.74, 6) is -0.162. The number of hydrogen-bond donors (Lipinski definition) is 2. The van der Waals surface area contributed by atoms with Gasteiger partial charge in [-0.25, -0.2) is 14.9 Å². The van der Waals surface area contributed by atoms with Crippen LogP contribution in [0.3, 0.4) is 0 Å². The summed E-state index contributed by atoms with van der Waals surface area (Å²) >= 11 is 0. The van der Waals surface area contributed by atoms with Gasteiger partial charge in [0.1, 0.15) is 5.75 Å². The minimum Gasteiger partial charge on any atom is -0.507 e. The number of carbonyl (C=O) groups is 1. The monoisotopic (exact) mass is 360 g/mol. The fourth-order valence-electron chi connectivity index (χ4n) is 2.89. The summed E-state index contributed by atoms with van der Waals surface area (Å²) in [5, 5.41) is 20.0. The van der Waals surface area contributed by atoms with E-state index in [-0.39, 0.29) is 11.6 Å². The molecule has 8 nitrogen and oxygen atoms in total. The molecular weight excluding hydrogens is 344 g/mol. The number of amides is 1. The molecule has 1 amide bonds. The van der Waals surface area contributed by atoms with Crippen LogP contribution in [0.2, 0.25) is 0 Å². The maximum absolute atomic E-state index is 12.3. The highest BCUT2D eigenvalue weighted by atomic mass is 16.3. The van der Waals surface area contributed by atoms with Gasteiger partial charge < -0.3 is 5.11 Å². The van der Waals surface area contributed by atoms with Gasteiger partial charge in [-0.1, -0.05) is 30.3 Å². The first-order valence-electron chi connectivity index (χ1n) is 8.28. The van der Waals surface area contributed by atoms with Gasteiger partial charge in [0, 0.05) is 17.0 Å². The molecule has 0 aliphatic heterocycles. The van der Waals surface area contributed by atoms with Gasteiger partial charge in [0.2, 0.25) is 5.82 Å². The van der Waals surface area contributed by atoms with E-state index < -0.39 is 5.91 Å². The van der Waals surface area contributed by atoms with Crippen LogP contribution in [0.1, 0.15) is 27.6 Å². The second kappa shape index (κ2) is 6.49. The van der Waals surface area contributed by atoms with E-state index in [2.05, 4.69) is 25.6 Å². The molecule has 0 saturated heterocycles. The SMILES string of the molecule is Cc1cc(C)n2nc(C(=O)N/N=C\c3c(O)ccc4ccccc34)nc2n1. The zero-order chi connectivity index (χ0) is 19.0.